The first-order valence-corrected chi connectivity index (χ1v) is 8.72. The summed E-state index contributed by atoms with van der Waals surface area (Å²) in [5.41, 5.74) is 0.399. The summed E-state index contributed by atoms with van der Waals surface area (Å²) >= 11 is 0. The molecule has 1 aliphatic rings. The van der Waals surface area contributed by atoms with Gasteiger partial charge in [0.1, 0.15) is 11.6 Å². The van der Waals surface area contributed by atoms with E-state index in [0.29, 0.717) is 12.1 Å². The number of nitrogens with one attached hydrogen (secondary N) is 1. The fourth-order valence-electron chi connectivity index (χ4n) is 3.15. The Morgan fingerprint density at radius 1 is 1.20 bits per heavy atom. The van der Waals surface area contributed by atoms with Gasteiger partial charge in [-0.1, -0.05) is 24.6 Å². The summed E-state index contributed by atoms with van der Waals surface area (Å²) in [5.74, 6) is 0.283. The summed E-state index contributed by atoms with van der Waals surface area (Å²) in [4.78, 5) is 14.5. The van der Waals surface area contributed by atoms with E-state index in [9.17, 15) is 9.18 Å². The highest BCUT2D eigenvalue weighted by Crippen LogP contribution is 2.24. The summed E-state index contributed by atoms with van der Waals surface area (Å²) in [6, 6.07) is 10.2. The van der Waals surface area contributed by atoms with E-state index in [1.54, 1.807) is 24.5 Å². The number of hydrogen-bond acceptors (Lipinski definition) is 3. The maximum atomic E-state index is 13.6. The van der Waals surface area contributed by atoms with Crippen LogP contribution in [0.25, 0.3) is 6.08 Å². The SMILES string of the molecule is O=C(/C=C/c1ccccc1F)NCC(c1ccco1)N1CCCCC1. The fraction of sp³-hybridized carbons (Fsp3) is 0.350. The number of halogens is 1. The lowest BCUT2D eigenvalue weighted by atomic mass is 10.1. The van der Waals surface area contributed by atoms with Crippen LogP contribution in [-0.4, -0.2) is 30.4 Å². The molecule has 1 aromatic carbocycles. The van der Waals surface area contributed by atoms with Gasteiger partial charge in [0.05, 0.1) is 12.3 Å². The smallest absolute Gasteiger partial charge is 0.244 e. The molecule has 0 radical (unpaired) electrons. The number of hydrogen-bond donors (Lipinski definition) is 1. The van der Waals surface area contributed by atoms with Crippen molar-refractivity contribution >= 4 is 12.0 Å². The largest absolute Gasteiger partial charge is 0.468 e. The topological polar surface area (TPSA) is 45.5 Å². The van der Waals surface area contributed by atoms with Crippen LogP contribution in [0.4, 0.5) is 4.39 Å². The first-order chi connectivity index (χ1) is 12.2. The van der Waals surface area contributed by atoms with Crippen molar-refractivity contribution in [3.8, 4) is 0 Å². The molecule has 0 saturated carbocycles. The van der Waals surface area contributed by atoms with Gasteiger partial charge in [0, 0.05) is 18.2 Å². The molecule has 0 bridgehead atoms. The molecule has 0 spiro atoms. The normalized spacial score (nSPS) is 16.8. The molecule has 1 unspecified atom stereocenters. The summed E-state index contributed by atoms with van der Waals surface area (Å²) in [7, 11) is 0. The number of carbonyl (C=O) groups excluding carboxylic acids is 1. The van der Waals surface area contributed by atoms with Crippen molar-refractivity contribution < 1.29 is 13.6 Å². The third-order valence-corrected chi connectivity index (χ3v) is 4.49. The summed E-state index contributed by atoms with van der Waals surface area (Å²) < 4.78 is 19.1. The van der Waals surface area contributed by atoms with E-state index >= 15 is 0 Å². The molecule has 1 saturated heterocycles. The Morgan fingerprint density at radius 3 is 2.72 bits per heavy atom. The van der Waals surface area contributed by atoms with E-state index in [1.807, 2.05) is 12.1 Å². The van der Waals surface area contributed by atoms with E-state index in [1.165, 1.54) is 37.5 Å². The van der Waals surface area contributed by atoms with Crippen molar-refractivity contribution in [2.75, 3.05) is 19.6 Å². The van der Waals surface area contributed by atoms with Crippen LogP contribution in [0, 0.1) is 5.82 Å². The summed E-state index contributed by atoms with van der Waals surface area (Å²) in [6.45, 7) is 2.48. The van der Waals surface area contributed by atoms with E-state index in [0.717, 1.165) is 18.8 Å². The maximum absolute atomic E-state index is 13.6. The predicted octanol–water partition coefficient (Wildman–Crippen LogP) is 3.78. The Kier molecular flexibility index (Phi) is 6.01. The third-order valence-electron chi connectivity index (χ3n) is 4.49. The quantitative estimate of drug-likeness (QED) is 0.813. The van der Waals surface area contributed by atoms with Crippen LogP contribution in [0.1, 0.15) is 36.6 Å². The molecule has 0 aliphatic carbocycles. The number of carbonyl (C=O) groups is 1. The van der Waals surface area contributed by atoms with Crippen LogP contribution in [0.15, 0.2) is 53.2 Å². The minimum Gasteiger partial charge on any atom is -0.468 e. The molecule has 3 rings (SSSR count). The molecule has 5 heteroatoms. The Hall–Kier alpha value is -2.40. The van der Waals surface area contributed by atoms with E-state index in [4.69, 9.17) is 4.42 Å². The van der Waals surface area contributed by atoms with Gasteiger partial charge in [0.15, 0.2) is 0 Å². The highest BCUT2D eigenvalue weighted by Gasteiger charge is 2.24. The van der Waals surface area contributed by atoms with Crippen molar-refractivity contribution in [3.05, 3.63) is 65.9 Å². The molecule has 132 valence electrons. The molecule has 2 heterocycles. The van der Waals surface area contributed by atoms with Crippen LogP contribution in [0.2, 0.25) is 0 Å². The Morgan fingerprint density at radius 2 is 2.00 bits per heavy atom. The van der Waals surface area contributed by atoms with Crippen LogP contribution in [0.5, 0.6) is 0 Å². The number of benzene rings is 1. The molecular weight excluding hydrogens is 319 g/mol. The second-order valence-corrected chi connectivity index (χ2v) is 6.23. The molecule has 1 N–H and O–H groups in total. The first-order valence-electron chi connectivity index (χ1n) is 8.72. The minimum absolute atomic E-state index is 0.0288. The van der Waals surface area contributed by atoms with Crippen molar-refractivity contribution in [1.82, 2.24) is 10.2 Å². The fourth-order valence-corrected chi connectivity index (χ4v) is 3.15. The number of likely N-dealkylation sites (tertiary alicyclic amines) is 1. The second-order valence-electron chi connectivity index (χ2n) is 6.23. The van der Waals surface area contributed by atoms with Gasteiger partial charge in [-0.15, -0.1) is 0 Å². The molecule has 4 nitrogen and oxygen atoms in total. The highest BCUT2D eigenvalue weighted by atomic mass is 19.1. The summed E-state index contributed by atoms with van der Waals surface area (Å²) in [5, 5.41) is 2.91. The van der Waals surface area contributed by atoms with Crippen molar-refractivity contribution in [2.24, 2.45) is 0 Å². The molecule has 2 aromatic rings. The Labute approximate surface area is 147 Å². The highest BCUT2D eigenvalue weighted by molar-refractivity contribution is 5.91. The number of furan rings is 1. The average molecular weight is 342 g/mol. The molecule has 1 aromatic heterocycles. The average Bonchev–Trinajstić information content (AvgIpc) is 3.16. The maximum Gasteiger partial charge on any atom is 0.244 e. The molecule has 25 heavy (non-hydrogen) atoms. The number of piperidine rings is 1. The number of nitrogens with zero attached hydrogens (tertiary/aromatic N) is 1. The molecule has 1 fully saturated rings. The second kappa shape index (κ2) is 8.62. The molecule has 1 atom stereocenters. The van der Waals surface area contributed by atoms with Crippen molar-refractivity contribution in [2.45, 2.75) is 25.3 Å². The lowest BCUT2D eigenvalue weighted by Crippen LogP contribution is -2.40. The standard InChI is InChI=1S/C20H23FN2O2/c21-17-8-3-2-7-16(17)10-11-20(24)22-15-18(19-9-6-14-25-19)23-12-4-1-5-13-23/h2-3,6-11,14,18H,1,4-5,12-13,15H2,(H,22,24)/b11-10+. The minimum atomic E-state index is -0.340. The van der Waals surface area contributed by atoms with Crippen LogP contribution >= 0.6 is 0 Å². The van der Waals surface area contributed by atoms with Gasteiger partial charge in [-0.25, -0.2) is 4.39 Å². The van der Waals surface area contributed by atoms with Gasteiger partial charge in [-0.3, -0.25) is 9.69 Å². The summed E-state index contributed by atoms with van der Waals surface area (Å²) in [6.07, 6.45) is 8.10. The Bertz CT molecular complexity index is 706. The lowest BCUT2D eigenvalue weighted by Gasteiger charge is -2.33. The van der Waals surface area contributed by atoms with Gasteiger partial charge in [-0.05, 0) is 50.2 Å². The van der Waals surface area contributed by atoms with Gasteiger partial charge in [-0.2, -0.15) is 0 Å². The number of amides is 1. The zero-order chi connectivity index (χ0) is 17.5. The van der Waals surface area contributed by atoms with Crippen LogP contribution in [0.3, 0.4) is 0 Å². The van der Waals surface area contributed by atoms with Gasteiger partial charge in [0.25, 0.3) is 0 Å². The lowest BCUT2D eigenvalue weighted by molar-refractivity contribution is -0.116. The van der Waals surface area contributed by atoms with Gasteiger partial charge in [0.2, 0.25) is 5.91 Å². The van der Waals surface area contributed by atoms with E-state index in [2.05, 4.69) is 10.2 Å². The first kappa shape index (κ1) is 17.4. The van der Waals surface area contributed by atoms with Crippen LogP contribution < -0.4 is 5.32 Å². The predicted molar refractivity (Wildman–Crippen MR) is 95.3 cm³/mol. The Balaban J connectivity index is 1.60. The van der Waals surface area contributed by atoms with E-state index in [-0.39, 0.29) is 17.8 Å². The van der Waals surface area contributed by atoms with E-state index < -0.39 is 0 Å². The zero-order valence-corrected chi connectivity index (χ0v) is 14.2. The molecule has 1 aliphatic heterocycles. The van der Waals surface area contributed by atoms with Gasteiger partial charge >= 0.3 is 0 Å². The molecule has 1 amide bonds. The monoisotopic (exact) mass is 342 g/mol. The van der Waals surface area contributed by atoms with Gasteiger partial charge < -0.3 is 9.73 Å². The molecular formula is C20H23FN2O2. The third kappa shape index (κ3) is 4.79. The van der Waals surface area contributed by atoms with Crippen molar-refractivity contribution in [3.63, 3.8) is 0 Å². The van der Waals surface area contributed by atoms with Crippen LogP contribution in [-0.2, 0) is 4.79 Å². The van der Waals surface area contributed by atoms with Crippen molar-refractivity contribution in [1.29, 1.82) is 0 Å². The number of rotatable bonds is 6. The zero-order valence-electron chi connectivity index (χ0n) is 14.2.